The Bertz CT molecular complexity index is 1100. The van der Waals surface area contributed by atoms with Gasteiger partial charge in [0.1, 0.15) is 5.82 Å². The van der Waals surface area contributed by atoms with Gasteiger partial charge in [-0.25, -0.2) is 12.8 Å². The summed E-state index contributed by atoms with van der Waals surface area (Å²) in [6.45, 7) is 4.73. The van der Waals surface area contributed by atoms with Crippen LogP contribution in [0.15, 0.2) is 62.9 Å². The van der Waals surface area contributed by atoms with Gasteiger partial charge in [0.15, 0.2) is 0 Å². The van der Waals surface area contributed by atoms with Gasteiger partial charge >= 0.3 is 0 Å². The van der Waals surface area contributed by atoms with Crippen LogP contribution in [0.4, 0.5) is 10.3 Å². The van der Waals surface area contributed by atoms with Gasteiger partial charge in [0.2, 0.25) is 26.6 Å². The fourth-order valence-corrected chi connectivity index (χ4v) is 4.55. The third kappa shape index (κ3) is 3.90. The number of nitrogens with zero attached hydrogens (tertiary/aromatic N) is 3. The molecule has 2 heterocycles. The van der Waals surface area contributed by atoms with Crippen LogP contribution >= 0.6 is 0 Å². The van der Waals surface area contributed by atoms with E-state index in [0.717, 1.165) is 18.7 Å². The molecule has 0 aliphatic carbocycles. The molecule has 0 saturated carbocycles. The molecule has 152 valence electrons. The van der Waals surface area contributed by atoms with Crippen molar-refractivity contribution < 1.29 is 17.2 Å². The van der Waals surface area contributed by atoms with Crippen LogP contribution in [-0.2, 0) is 9.84 Å². The second-order valence-electron chi connectivity index (χ2n) is 7.24. The van der Waals surface area contributed by atoms with Crippen molar-refractivity contribution in [3.8, 4) is 11.5 Å². The summed E-state index contributed by atoms with van der Waals surface area (Å²) in [4.78, 5) is 8.58. The van der Waals surface area contributed by atoms with Gasteiger partial charge in [-0.1, -0.05) is 17.7 Å². The lowest BCUT2D eigenvalue weighted by Gasteiger charge is -2.32. The molecule has 0 unspecified atom stereocenters. The Balaban J connectivity index is 1.82. The molecule has 0 atom stereocenters. The zero-order valence-corrected chi connectivity index (χ0v) is 17.1. The monoisotopic (exact) mass is 415 g/mol. The SMILES string of the molecule is Cc1ccc(S(=O)(=O)c2nc(-c3ccc(F)cc3)oc2N2CCN(C)CC2)cc1. The number of halogens is 1. The lowest BCUT2D eigenvalue weighted by Crippen LogP contribution is -2.44. The zero-order valence-electron chi connectivity index (χ0n) is 16.3. The van der Waals surface area contributed by atoms with Gasteiger partial charge in [-0.2, -0.15) is 4.98 Å². The summed E-state index contributed by atoms with van der Waals surface area (Å²) < 4.78 is 45.9. The van der Waals surface area contributed by atoms with Crippen LogP contribution in [0.25, 0.3) is 11.5 Å². The average Bonchev–Trinajstić information content (AvgIpc) is 3.16. The summed E-state index contributed by atoms with van der Waals surface area (Å²) in [5.41, 5.74) is 1.49. The van der Waals surface area contributed by atoms with E-state index in [-0.39, 0.29) is 27.5 Å². The topological polar surface area (TPSA) is 66.7 Å². The maximum Gasteiger partial charge on any atom is 0.236 e. The maximum atomic E-state index is 13.4. The van der Waals surface area contributed by atoms with Crippen molar-refractivity contribution in [2.45, 2.75) is 16.8 Å². The Hall–Kier alpha value is -2.71. The number of rotatable bonds is 4. The number of likely N-dealkylation sites (N-methyl/N-ethyl adjacent to an activating group) is 1. The fourth-order valence-electron chi connectivity index (χ4n) is 3.23. The molecule has 0 radical (unpaired) electrons. The third-order valence-corrected chi connectivity index (χ3v) is 6.71. The van der Waals surface area contributed by atoms with Gasteiger partial charge in [0.05, 0.1) is 4.90 Å². The van der Waals surface area contributed by atoms with Crippen molar-refractivity contribution in [2.24, 2.45) is 0 Å². The molecule has 0 N–H and O–H groups in total. The van der Waals surface area contributed by atoms with E-state index in [1.165, 1.54) is 24.3 Å². The maximum absolute atomic E-state index is 13.4. The van der Waals surface area contributed by atoms with Crippen LogP contribution in [0, 0.1) is 12.7 Å². The van der Waals surface area contributed by atoms with E-state index < -0.39 is 9.84 Å². The standard InChI is InChI=1S/C21H22FN3O3S/c1-15-3-9-18(10-4-15)29(26,27)20-21(25-13-11-24(2)12-14-25)28-19(23-20)16-5-7-17(22)8-6-16/h3-10H,11-14H2,1-2H3. The molecule has 0 bridgehead atoms. The number of anilines is 1. The van der Waals surface area contributed by atoms with E-state index in [1.807, 2.05) is 18.9 Å². The van der Waals surface area contributed by atoms with Gasteiger partial charge in [-0.15, -0.1) is 0 Å². The molecule has 0 amide bonds. The first-order chi connectivity index (χ1) is 13.8. The molecule has 6 nitrogen and oxygen atoms in total. The first kappa shape index (κ1) is 19.6. The number of hydrogen-bond donors (Lipinski definition) is 0. The predicted octanol–water partition coefficient (Wildman–Crippen LogP) is 3.37. The summed E-state index contributed by atoms with van der Waals surface area (Å²) in [5, 5.41) is -0.106. The molecule has 4 rings (SSSR count). The Morgan fingerprint density at radius 3 is 2.21 bits per heavy atom. The van der Waals surface area contributed by atoms with E-state index in [1.54, 1.807) is 24.3 Å². The first-order valence-electron chi connectivity index (χ1n) is 9.36. The van der Waals surface area contributed by atoms with Crippen LogP contribution in [-0.4, -0.2) is 51.5 Å². The van der Waals surface area contributed by atoms with Crippen LogP contribution in [0.1, 0.15) is 5.56 Å². The van der Waals surface area contributed by atoms with Crippen LogP contribution in [0.5, 0.6) is 0 Å². The van der Waals surface area contributed by atoms with Crippen molar-refractivity contribution in [3.05, 3.63) is 59.9 Å². The van der Waals surface area contributed by atoms with Crippen LogP contribution < -0.4 is 4.90 Å². The third-order valence-electron chi connectivity index (χ3n) is 5.05. The number of piperazine rings is 1. The van der Waals surface area contributed by atoms with Crippen molar-refractivity contribution in [3.63, 3.8) is 0 Å². The Morgan fingerprint density at radius 1 is 0.966 bits per heavy atom. The Labute approximate surface area is 169 Å². The smallest absolute Gasteiger partial charge is 0.236 e. The van der Waals surface area contributed by atoms with Gasteiger partial charge in [0.25, 0.3) is 0 Å². The van der Waals surface area contributed by atoms with Gasteiger partial charge < -0.3 is 14.2 Å². The molecule has 0 spiro atoms. The molecule has 1 fully saturated rings. The molecule has 29 heavy (non-hydrogen) atoms. The fraction of sp³-hybridized carbons (Fsp3) is 0.286. The second kappa shape index (κ2) is 7.61. The number of oxazole rings is 1. The first-order valence-corrected chi connectivity index (χ1v) is 10.8. The van der Waals surface area contributed by atoms with Crippen LogP contribution in [0.2, 0.25) is 0 Å². The molecular weight excluding hydrogens is 393 g/mol. The van der Waals surface area contributed by atoms with Gasteiger partial charge in [-0.3, -0.25) is 0 Å². The summed E-state index contributed by atoms with van der Waals surface area (Å²) in [7, 11) is -1.86. The summed E-state index contributed by atoms with van der Waals surface area (Å²) in [5.74, 6) is 0.00899. The molecule has 1 saturated heterocycles. The quantitative estimate of drug-likeness (QED) is 0.651. The summed E-state index contributed by atoms with van der Waals surface area (Å²) in [6, 6.07) is 12.3. The molecule has 1 aromatic heterocycles. The number of aromatic nitrogens is 1. The highest BCUT2D eigenvalue weighted by molar-refractivity contribution is 7.91. The summed E-state index contributed by atoms with van der Waals surface area (Å²) >= 11 is 0. The van der Waals surface area contributed by atoms with E-state index in [0.29, 0.717) is 18.7 Å². The second-order valence-corrected chi connectivity index (χ2v) is 9.11. The predicted molar refractivity (Wildman–Crippen MR) is 108 cm³/mol. The lowest BCUT2D eigenvalue weighted by molar-refractivity contribution is 0.305. The highest BCUT2D eigenvalue weighted by Crippen LogP contribution is 2.35. The van der Waals surface area contributed by atoms with Crippen molar-refractivity contribution in [1.82, 2.24) is 9.88 Å². The largest absolute Gasteiger partial charge is 0.419 e. The molecular formula is C21H22FN3O3S. The lowest BCUT2D eigenvalue weighted by atomic mass is 10.2. The molecule has 1 aliphatic heterocycles. The summed E-state index contributed by atoms with van der Waals surface area (Å²) in [6.07, 6.45) is 0. The van der Waals surface area contributed by atoms with E-state index in [9.17, 15) is 12.8 Å². The zero-order chi connectivity index (χ0) is 20.6. The number of benzene rings is 2. The molecule has 1 aliphatic rings. The Kier molecular flexibility index (Phi) is 5.14. The number of hydrogen-bond acceptors (Lipinski definition) is 6. The van der Waals surface area contributed by atoms with Gasteiger partial charge in [0, 0.05) is 31.7 Å². The van der Waals surface area contributed by atoms with Crippen molar-refractivity contribution >= 4 is 15.7 Å². The normalized spacial score (nSPS) is 15.6. The molecule has 8 heteroatoms. The van der Waals surface area contributed by atoms with Crippen molar-refractivity contribution in [1.29, 1.82) is 0 Å². The Morgan fingerprint density at radius 2 is 1.59 bits per heavy atom. The highest BCUT2D eigenvalue weighted by Gasteiger charge is 2.32. The minimum atomic E-state index is -3.88. The average molecular weight is 415 g/mol. The molecule has 2 aromatic carbocycles. The minimum absolute atomic E-state index is 0.106. The molecule has 3 aromatic rings. The van der Waals surface area contributed by atoms with E-state index in [2.05, 4.69) is 9.88 Å². The number of sulfone groups is 1. The van der Waals surface area contributed by atoms with E-state index >= 15 is 0 Å². The minimum Gasteiger partial charge on any atom is -0.419 e. The van der Waals surface area contributed by atoms with Crippen molar-refractivity contribution in [2.75, 3.05) is 38.1 Å². The van der Waals surface area contributed by atoms with E-state index in [4.69, 9.17) is 4.42 Å². The van der Waals surface area contributed by atoms with Gasteiger partial charge in [-0.05, 0) is 50.4 Å². The highest BCUT2D eigenvalue weighted by atomic mass is 32.2. The number of aryl methyl sites for hydroxylation is 1. The van der Waals surface area contributed by atoms with Crippen LogP contribution in [0.3, 0.4) is 0 Å².